The van der Waals surface area contributed by atoms with Gasteiger partial charge in [0, 0.05) is 27.7 Å². The predicted molar refractivity (Wildman–Crippen MR) is 71.3 cm³/mol. The molecular weight excluding hydrogens is 296 g/mol. The molecule has 0 aliphatic heterocycles. The Hall–Kier alpha value is -0.250. The monoisotopic (exact) mass is 304 g/mol. The number of halogens is 2. The zero-order chi connectivity index (χ0) is 11.3. The van der Waals surface area contributed by atoms with Crippen molar-refractivity contribution < 1.29 is 4.79 Å². The summed E-state index contributed by atoms with van der Waals surface area (Å²) in [6.07, 6.45) is 3.85. The molecule has 0 saturated heterocycles. The summed E-state index contributed by atoms with van der Waals surface area (Å²) in [7, 11) is 0. The second kappa shape index (κ2) is 6.36. The van der Waals surface area contributed by atoms with Crippen LogP contribution in [0.15, 0.2) is 28.7 Å². The van der Waals surface area contributed by atoms with Crippen LogP contribution in [0.5, 0.6) is 0 Å². The Morgan fingerprint density at radius 2 is 2.33 bits per heavy atom. The quantitative estimate of drug-likeness (QED) is 0.823. The maximum absolute atomic E-state index is 10.7. The van der Waals surface area contributed by atoms with Crippen LogP contribution in [-0.2, 0) is 4.79 Å². The van der Waals surface area contributed by atoms with Crippen LogP contribution < -0.4 is 0 Å². The van der Waals surface area contributed by atoms with Crippen LogP contribution >= 0.6 is 39.3 Å². The van der Waals surface area contributed by atoms with E-state index in [1.54, 1.807) is 6.92 Å². The Labute approximate surface area is 107 Å². The van der Waals surface area contributed by atoms with Gasteiger partial charge in [-0.1, -0.05) is 57.5 Å². The summed E-state index contributed by atoms with van der Waals surface area (Å²) >= 11 is 10.7. The second-order valence-corrected chi connectivity index (χ2v) is 5.30. The van der Waals surface area contributed by atoms with Crippen LogP contribution in [0.4, 0.5) is 0 Å². The van der Waals surface area contributed by atoms with Gasteiger partial charge in [-0.15, -0.1) is 0 Å². The number of benzene rings is 1. The van der Waals surface area contributed by atoms with Gasteiger partial charge < -0.3 is 0 Å². The van der Waals surface area contributed by atoms with Gasteiger partial charge in [0.05, 0.1) is 0 Å². The van der Waals surface area contributed by atoms with Gasteiger partial charge in [-0.25, -0.2) is 0 Å². The minimum Gasteiger partial charge on any atom is -0.288 e. The number of hydrogen-bond acceptors (Lipinski definition) is 2. The molecule has 80 valence electrons. The molecule has 0 bridgehead atoms. The first-order valence-corrected chi connectivity index (χ1v) is 6.51. The maximum atomic E-state index is 10.7. The lowest BCUT2D eigenvalue weighted by Gasteiger charge is -2.00. The van der Waals surface area contributed by atoms with Crippen LogP contribution in [0.3, 0.4) is 0 Å². The van der Waals surface area contributed by atoms with Crippen molar-refractivity contribution in [3.8, 4) is 0 Å². The highest BCUT2D eigenvalue weighted by molar-refractivity contribution is 9.10. The molecule has 1 aromatic rings. The fourth-order valence-electron chi connectivity index (χ4n) is 1.00. The molecule has 1 rings (SSSR count). The SMILES string of the molecule is CC(=O)SCC=Cc1c(Cl)cccc1Br. The molecule has 4 heteroatoms. The van der Waals surface area contributed by atoms with Crippen molar-refractivity contribution in [2.75, 3.05) is 5.75 Å². The van der Waals surface area contributed by atoms with Gasteiger partial charge in [0.2, 0.25) is 0 Å². The molecule has 0 fully saturated rings. The van der Waals surface area contributed by atoms with E-state index >= 15 is 0 Å². The van der Waals surface area contributed by atoms with Crippen molar-refractivity contribution in [2.24, 2.45) is 0 Å². The Morgan fingerprint density at radius 1 is 1.60 bits per heavy atom. The van der Waals surface area contributed by atoms with Crippen LogP contribution in [0.2, 0.25) is 5.02 Å². The standard InChI is InChI=1S/C11H10BrClOS/c1-8(14)15-7-3-4-9-10(12)5-2-6-11(9)13/h2-6H,7H2,1H3. The molecule has 0 spiro atoms. The van der Waals surface area contributed by atoms with Crippen LogP contribution in [0.25, 0.3) is 6.08 Å². The molecule has 0 amide bonds. The molecule has 0 N–H and O–H groups in total. The van der Waals surface area contributed by atoms with E-state index in [9.17, 15) is 4.79 Å². The van der Waals surface area contributed by atoms with Crippen LogP contribution in [-0.4, -0.2) is 10.9 Å². The fourth-order valence-corrected chi connectivity index (χ4v) is 2.28. The summed E-state index contributed by atoms with van der Waals surface area (Å²) in [5.41, 5.74) is 0.948. The zero-order valence-electron chi connectivity index (χ0n) is 8.17. The average molecular weight is 306 g/mol. The molecule has 0 saturated carbocycles. The van der Waals surface area contributed by atoms with Crippen molar-refractivity contribution in [3.63, 3.8) is 0 Å². The van der Waals surface area contributed by atoms with Crippen molar-refractivity contribution >= 4 is 50.5 Å². The average Bonchev–Trinajstić information content (AvgIpc) is 2.15. The first-order valence-electron chi connectivity index (χ1n) is 4.35. The molecule has 0 aliphatic rings. The van der Waals surface area contributed by atoms with Gasteiger partial charge in [-0.05, 0) is 12.1 Å². The predicted octanol–water partition coefficient (Wildman–Crippen LogP) is 4.40. The van der Waals surface area contributed by atoms with E-state index in [0.29, 0.717) is 10.8 Å². The highest BCUT2D eigenvalue weighted by atomic mass is 79.9. The molecule has 0 atom stereocenters. The van der Waals surface area contributed by atoms with E-state index in [-0.39, 0.29) is 5.12 Å². The molecule has 0 unspecified atom stereocenters. The Balaban J connectivity index is 2.67. The molecule has 0 heterocycles. The lowest BCUT2D eigenvalue weighted by molar-refractivity contribution is -0.109. The van der Waals surface area contributed by atoms with Gasteiger partial charge in [-0.3, -0.25) is 4.79 Å². The largest absolute Gasteiger partial charge is 0.288 e. The number of carbonyl (C=O) groups excluding carboxylic acids is 1. The molecule has 1 nitrogen and oxygen atoms in total. The third kappa shape index (κ3) is 4.41. The molecule has 15 heavy (non-hydrogen) atoms. The summed E-state index contributed by atoms with van der Waals surface area (Å²) in [5.74, 6) is 0.674. The number of thioether (sulfide) groups is 1. The van der Waals surface area contributed by atoms with E-state index < -0.39 is 0 Å². The summed E-state index contributed by atoms with van der Waals surface area (Å²) in [6.45, 7) is 1.56. The Morgan fingerprint density at radius 3 is 2.93 bits per heavy atom. The number of carbonyl (C=O) groups is 1. The molecule has 0 aliphatic carbocycles. The lowest BCUT2D eigenvalue weighted by atomic mass is 10.2. The van der Waals surface area contributed by atoms with E-state index in [4.69, 9.17) is 11.6 Å². The minimum atomic E-state index is 0.123. The number of rotatable bonds is 3. The van der Waals surface area contributed by atoms with E-state index in [0.717, 1.165) is 10.0 Å². The van der Waals surface area contributed by atoms with Gasteiger partial charge in [0.15, 0.2) is 5.12 Å². The van der Waals surface area contributed by atoms with E-state index in [2.05, 4.69) is 15.9 Å². The normalized spacial score (nSPS) is 10.9. The fraction of sp³-hybridized carbons (Fsp3) is 0.182. The summed E-state index contributed by atoms with van der Waals surface area (Å²) in [4.78, 5) is 10.7. The topological polar surface area (TPSA) is 17.1 Å². The van der Waals surface area contributed by atoms with Crippen molar-refractivity contribution in [1.82, 2.24) is 0 Å². The smallest absolute Gasteiger partial charge is 0.186 e. The van der Waals surface area contributed by atoms with Crippen molar-refractivity contribution in [3.05, 3.63) is 39.3 Å². The highest BCUT2D eigenvalue weighted by Crippen LogP contribution is 2.25. The molecule has 0 aromatic heterocycles. The van der Waals surface area contributed by atoms with Gasteiger partial charge in [-0.2, -0.15) is 0 Å². The molecule has 1 aromatic carbocycles. The third-order valence-electron chi connectivity index (χ3n) is 1.67. The van der Waals surface area contributed by atoms with Gasteiger partial charge in [0.1, 0.15) is 0 Å². The van der Waals surface area contributed by atoms with Crippen LogP contribution in [0, 0.1) is 0 Å². The van der Waals surface area contributed by atoms with E-state index in [1.165, 1.54) is 11.8 Å². The molecule has 0 radical (unpaired) electrons. The summed E-state index contributed by atoms with van der Waals surface area (Å²) in [5, 5.41) is 0.825. The lowest BCUT2D eigenvalue weighted by Crippen LogP contribution is -1.82. The number of hydrogen-bond donors (Lipinski definition) is 0. The highest BCUT2D eigenvalue weighted by Gasteiger charge is 2.00. The van der Waals surface area contributed by atoms with E-state index in [1.807, 2.05) is 30.4 Å². The summed E-state index contributed by atoms with van der Waals surface area (Å²) < 4.78 is 0.957. The first kappa shape index (κ1) is 12.8. The zero-order valence-corrected chi connectivity index (χ0v) is 11.3. The second-order valence-electron chi connectivity index (χ2n) is 2.84. The third-order valence-corrected chi connectivity index (χ3v) is 3.45. The van der Waals surface area contributed by atoms with Crippen molar-refractivity contribution in [1.29, 1.82) is 0 Å². The Bertz CT molecular complexity index is 370. The molecular formula is C11H10BrClOS. The van der Waals surface area contributed by atoms with Crippen molar-refractivity contribution in [2.45, 2.75) is 6.92 Å². The first-order chi connectivity index (χ1) is 7.11. The van der Waals surface area contributed by atoms with Gasteiger partial charge >= 0.3 is 0 Å². The van der Waals surface area contributed by atoms with Gasteiger partial charge in [0.25, 0.3) is 0 Å². The summed E-state index contributed by atoms with van der Waals surface area (Å²) in [6, 6.07) is 5.65. The van der Waals surface area contributed by atoms with Crippen LogP contribution in [0.1, 0.15) is 12.5 Å². The minimum absolute atomic E-state index is 0.123. The maximum Gasteiger partial charge on any atom is 0.186 e. The Kier molecular flexibility index (Phi) is 5.43.